The third-order valence-corrected chi connectivity index (χ3v) is 8.00. The van der Waals surface area contributed by atoms with E-state index in [1.165, 1.54) is 7.11 Å². The number of hydrogen-bond donors (Lipinski definition) is 1. The third-order valence-electron chi connectivity index (χ3n) is 7.20. The first-order valence-electron chi connectivity index (χ1n) is 12.2. The second-order valence-electron chi connectivity index (χ2n) is 11.5. The molecule has 0 saturated carbocycles. The zero-order valence-electron chi connectivity index (χ0n) is 21.9. The predicted molar refractivity (Wildman–Crippen MR) is 147 cm³/mol. The van der Waals surface area contributed by atoms with Crippen LogP contribution in [0.3, 0.4) is 0 Å². The van der Waals surface area contributed by atoms with Crippen molar-refractivity contribution in [2.45, 2.75) is 59.3 Å². The van der Waals surface area contributed by atoms with Crippen molar-refractivity contribution in [3.63, 3.8) is 0 Å². The first-order valence-corrected chi connectivity index (χ1v) is 13.3. The molecule has 1 N–H and O–H groups in total. The Morgan fingerprint density at radius 3 is 2.08 bits per heavy atom. The molecule has 0 fully saturated rings. The number of hydrogen-bond acceptors (Lipinski definition) is 6. The number of carbonyl (C=O) groups excluding carboxylic acids is 2. The molecule has 3 aliphatic rings. The zero-order chi connectivity index (χ0) is 27.3. The van der Waals surface area contributed by atoms with E-state index in [-0.39, 0.29) is 35.5 Å². The lowest BCUT2D eigenvalue weighted by Crippen LogP contribution is -2.45. The van der Waals surface area contributed by atoms with Crippen LogP contribution in [0.1, 0.15) is 64.9 Å². The molecule has 2 aliphatic carbocycles. The molecule has 0 radical (unpaired) electrons. The van der Waals surface area contributed by atoms with Crippen molar-refractivity contribution in [1.29, 1.82) is 0 Å². The van der Waals surface area contributed by atoms with E-state index in [1.54, 1.807) is 11.0 Å². The van der Waals surface area contributed by atoms with E-state index in [2.05, 4.69) is 28.5 Å². The van der Waals surface area contributed by atoms with Crippen LogP contribution in [0, 0.1) is 26.7 Å². The van der Waals surface area contributed by atoms with E-state index in [1.807, 2.05) is 33.8 Å². The van der Waals surface area contributed by atoms with E-state index < -0.39 is 11.9 Å². The largest absolute Gasteiger partial charge is 0.493 e. The van der Waals surface area contributed by atoms with Gasteiger partial charge in [0.2, 0.25) is 0 Å². The topological polar surface area (TPSA) is 93.1 Å². The quantitative estimate of drug-likeness (QED) is 0.352. The molecule has 196 valence electrons. The third kappa shape index (κ3) is 5.15. The predicted octanol–water partition coefficient (Wildman–Crippen LogP) is 5.08. The number of allylic oxidation sites excluding steroid dienone is 4. The molecular formula is C29H32INO6. The number of ketones is 2. The van der Waals surface area contributed by atoms with E-state index in [0.717, 1.165) is 9.13 Å². The number of carbonyl (C=O) groups is 3. The maximum atomic E-state index is 13.8. The number of Topliss-reactive ketones (excluding diaryl/α,β-unsaturated/α-hetero) is 2. The number of terminal acetylenes is 1. The van der Waals surface area contributed by atoms with Crippen LogP contribution in [-0.4, -0.2) is 47.8 Å². The van der Waals surface area contributed by atoms with Crippen LogP contribution < -0.4 is 9.47 Å². The molecule has 37 heavy (non-hydrogen) atoms. The summed E-state index contributed by atoms with van der Waals surface area (Å²) in [6.45, 7) is 7.86. The number of methoxy groups -OCH3 is 1. The normalized spacial score (nSPS) is 20.8. The number of carboxylic acid groups (broad SMARTS) is 1. The maximum absolute atomic E-state index is 13.8. The summed E-state index contributed by atoms with van der Waals surface area (Å²) in [4.78, 5) is 41.3. The number of carboxylic acids is 1. The summed E-state index contributed by atoms with van der Waals surface area (Å²) in [5.41, 5.74) is 2.53. The fourth-order valence-electron chi connectivity index (χ4n) is 5.87. The summed E-state index contributed by atoms with van der Waals surface area (Å²) in [7, 11) is 1.53. The van der Waals surface area contributed by atoms with E-state index in [0.29, 0.717) is 59.7 Å². The smallest absolute Gasteiger partial charge is 0.323 e. The number of aliphatic carboxylic acids is 1. The molecule has 0 unspecified atom stereocenters. The molecule has 1 aromatic rings. The summed E-state index contributed by atoms with van der Waals surface area (Å²) in [6, 6.07) is 3.71. The van der Waals surface area contributed by atoms with Crippen molar-refractivity contribution in [2.24, 2.45) is 10.8 Å². The van der Waals surface area contributed by atoms with Crippen molar-refractivity contribution in [3.05, 3.63) is 43.8 Å². The lowest BCUT2D eigenvalue weighted by atomic mass is 9.63. The number of benzene rings is 1. The monoisotopic (exact) mass is 617 g/mol. The van der Waals surface area contributed by atoms with Gasteiger partial charge in [-0.15, -0.1) is 6.42 Å². The summed E-state index contributed by atoms with van der Waals surface area (Å²) in [5.74, 6) is 1.69. The summed E-state index contributed by atoms with van der Waals surface area (Å²) >= 11 is 2.14. The van der Waals surface area contributed by atoms with Gasteiger partial charge in [-0.25, -0.2) is 0 Å². The second-order valence-corrected chi connectivity index (χ2v) is 12.7. The van der Waals surface area contributed by atoms with Gasteiger partial charge in [0.25, 0.3) is 0 Å². The van der Waals surface area contributed by atoms with Gasteiger partial charge in [-0.2, -0.15) is 0 Å². The molecule has 0 saturated heterocycles. The molecule has 0 aromatic heterocycles. The van der Waals surface area contributed by atoms with Crippen LogP contribution in [0.25, 0.3) is 0 Å². The average molecular weight is 617 g/mol. The van der Waals surface area contributed by atoms with Crippen LogP contribution in [0.15, 0.2) is 34.7 Å². The van der Waals surface area contributed by atoms with Gasteiger partial charge < -0.3 is 19.5 Å². The molecule has 8 heteroatoms. The molecule has 0 amide bonds. The Labute approximate surface area is 231 Å². The Kier molecular flexibility index (Phi) is 7.23. The minimum absolute atomic E-state index is 0.0579. The fourth-order valence-corrected chi connectivity index (χ4v) is 6.65. The molecule has 0 bridgehead atoms. The summed E-state index contributed by atoms with van der Waals surface area (Å²) in [6.07, 6.45) is 7.11. The molecule has 1 heterocycles. The van der Waals surface area contributed by atoms with E-state index >= 15 is 0 Å². The highest BCUT2D eigenvalue weighted by atomic mass is 127. The summed E-state index contributed by atoms with van der Waals surface area (Å²) < 4.78 is 12.1. The SMILES string of the molecule is C#CCOc1c(I)cc(C2C3=C(CC(C)(C)CC3=O)N(CC(=O)O)C3=C2C(=O)CC(C)(C)C3)cc1OC. The Balaban J connectivity index is 2.01. The molecule has 1 aliphatic heterocycles. The second kappa shape index (κ2) is 9.82. The number of nitrogens with zero attached hydrogens (tertiary/aromatic N) is 1. The van der Waals surface area contributed by atoms with Crippen LogP contribution >= 0.6 is 22.6 Å². The molecule has 0 atom stereocenters. The first-order chi connectivity index (χ1) is 17.3. The van der Waals surface area contributed by atoms with Crippen molar-refractivity contribution in [3.8, 4) is 23.8 Å². The van der Waals surface area contributed by atoms with Gasteiger partial charge in [-0.05, 0) is 64.0 Å². The zero-order valence-corrected chi connectivity index (χ0v) is 24.0. The van der Waals surface area contributed by atoms with Crippen LogP contribution in [0.4, 0.5) is 0 Å². The van der Waals surface area contributed by atoms with Crippen LogP contribution in [0.5, 0.6) is 11.5 Å². The van der Waals surface area contributed by atoms with E-state index in [4.69, 9.17) is 15.9 Å². The molecular weight excluding hydrogens is 585 g/mol. The minimum atomic E-state index is -1.00. The number of ether oxygens (including phenoxy) is 2. The maximum Gasteiger partial charge on any atom is 0.323 e. The Morgan fingerprint density at radius 1 is 1.08 bits per heavy atom. The average Bonchev–Trinajstić information content (AvgIpc) is 2.77. The van der Waals surface area contributed by atoms with Gasteiger partial charge in [-0.3, -0.25) is 14.4 Å². The Hall–Kier alpha value is -2.80. The molecule has 7 nitrogen and oxygen atoms in total. The van der Waals surface area contributed by atoms with Crippen molar-refractivity contribution in [2.75, 3.05) is 20.3 Å². The summed E-state index contributed by atoms with van der Waals surface area (Å²) in [5, 5.41) is 9.83. The van der Waals surface area contributed by atoms with Crippen molar-refractivity contribution in [1.82, 2.24) is 4.90 Å². The highest BCUT2D eigenvalue weighted by Crippen LogP contribution is 2.55. The number of rotatable bonds is 6. The standard InChI is InChI=1S/C29H32INO6/c1-7-8-37-27-17(30)9-16(10-22(27)36-6)24-25-18(11-28(2,3)13-20(25)32)31(15-23(34)35)19-12-29(4,5)14-21(33)26(19)24/h1,9-10,24H,8,11-15H2,2-6H3,(H,34,35). The fraction of sp³-hybridized carbons (Fsp3) is 0.483. The lowest BCUT2D eigenvalue weighted by Gasteiger charge is -2.48. The van der Waals surface area contributed by atoms with Gasteiger partial charge in [0.1, 0.15) is 13.2 Å². The Morgan fingerprint density at radius 2 is 1.62 bits per heavy atom. The van der Waals surface area contributed by atoms with Crippen LogP contribution in [0.2, 0.25) is 0 Å². The molecule has 4 rings (SSSR count). The van der Waals surface area contributed by atoms with Gasteiger partial charge >= 0.3 is 5.97 Å². The first kappa shape index (κ1) is 27.2. The van der Waals surface area contributed by atoms with Gasteiger partial charge in [0, 0.05) is 41.3 Å². The van der Waals surface area contributed by atoms with E-state index in [9.17, 15) is 19.5 Å². The van der Waals surface area contributed by atoms with Crippen molar-refractivity contribution >= 4 is 40.1 Å². The van der Waals surface area contributed by atoms with Gasteiger partial charge in [-0.1, -0.05) is 33.6 Å². The molecule has 1 aromatic carbocycles. The highest BCUT2D eigenvalue weighted by molar-refractivity contribution is 14.1. The van der Waals surface area contributed by atoms with Crippen LogP contribution in [-0.2, 0) is 14.4 Å². The van der Waals surface area contributed by atoms with Crippen molar-refractivity contribution < 1.29 is 29.0 Å². The van der Waals surface area contributed by atoms with Gasteiger partial charge in [0.15, 0.2) is 23.1 Å². The molecule has 0 spiro atoms. The highest BCUT2D eigenvalue weighted by Gasteiger charge is 2.49. The minimum Gasteiger partial charge on any atom is -0.493 e. The lowest BCUT2D eigenvalue weighted by molar-refractivity contribution is -0.138. The Bertz CT molecular complexity index is 1240. The number of halogens is 1. The van der Waals surface area contributed by atoms with Gasteiger partial charge in [0.05, 0.1) is 10.7 Å².